The standard InChI is InChI=1S/C32H34ClN5O6S2/c1-32(12-13-32)22-44-30-28(20-35-38(31(30)39)25-7-5-6-24(33)19-25)36-14-16-37(17-15-36)45(40,41)21-23-10-11-27(34)29(18-23)46(42,43)26-8-3-2-4-9-26/h2-11,18-20H,12-17,21-22,34H2,1H3. The van der Waals surface area contributed by atoms with Gasteiger partial charge in [0.15, 0.2) is 0 Å². The molecule has 46 heavy (non-hydrogen) atoms. The lowest BCUT2D eigenvalue weighted by molar-refractivity contribution is 0.242. The second-order valence-corrected chi connectivity index (χ2v) is 16.3. The van der Waals surface area contributed by atoms with Crippen molar-refractivity contribution in [3.05, 3.63) is 99.9 Å². The summed E-state index contributed by atoms with van der Waals surface area (Å²) in [7, 11) is -7.77. The third-order valence-corrected chi connectivity index (χ3v) is 12.3. The van der Waals surface area contributed by atoms with Crippen LogP contribution in [0.25, 0.3) is 5.69 Å². The zero-order valence-corrected chi connectivity index (χ0v) is 27.6. The van der Waals surface area contributed by atoms with E-state index in [0.29, 0.717) is 41.7 Å². The summed E-state index contributed by atoms with van der Waals surface area (Å²) in [4.78, 5) is 15.5. The van der Waals surface area contributed by atoms with E-state index in [2.05, 4.69) is 12.0 Å². The number of ether oxygens (including phenoxy) is 1. The second-order valence-electron chi connectivity index (χ2n) is 12.0. The summed E-state index contributed by atoms with van der Waals surface area (Å²) in [6.07, 6.45) is 3.60. The minimum Gasteiger partial charge on any atom is -0.486 e. The van der Waals surface area contributed by atoms with Crippen LogP contribution in [0, 0.1) is 5.41 Å². The lowest BCUT2D eigenvalue weighted by Gasteiger charge is -2.35. The molecule has 2 aliphatic rings. The van der Waals surface area contributed by atoms with E-state index >= 15 is 0 Å². The van der Waals surface area contributed by atoms with Gasteiger partial charge in [-0.05, 0) is 60.9 Å². The van der Waals surface area contributed by atoms with Gasteiger partial charge in [0, 0.05) is 36.6 Å². The molecule has 1 aliphatic carbocycles. The average Bonchev–Trinajstić information content (AvgIpc) is 3.78. The minimum atomic E-state index is -3.94. The molecule has 6 rings (SSSR count). The van der Waals surface area contributed by atoms with Crippen LogP contribution in [0.2, 0.25) is 5.02 Å². The van der Waals surface area contributed by atoms with Crippen molar-refractivity contribution in [1.82, 2.24) is 14.1 Å². The molecule has 1 aromatic heterocycles. The van der Waals surface area contributed by atoms with Crippen molar-refractivity contribution < 1.29 is 21.6 Å². The van der Waals surface area contributed by atoms with Gasteiger partial charge in [-0.25, -0.2) is 16.8 Å². The Morgan fingerprint density at radius 1 is 0.935 bits per heavy atom. The first-order valence-electron chi connectivity index (χ1n) is 14.8. The first-order valence-corrected chi connectivity index (χ1v) is 18.3. The molecule has 2 heterocycles. The molecule has 242 valence electrons. The molecule has 2 fully saturated rings. The Morgan fingerprint density at radius 3 is 2.33 bits per heavy atom. The summed E-state index contributed by atoms with van der Waals surface area (Å²) in [6.45, 7) is 3.39. The number of benzene rings is 3. The van der Waals surface area contributed by atoms with E-state index in [-0.39, 0.29) is 39.7 Å². The predicted octanol–water partition coefficient (Wildman–Crippen LogP) is 4.13. The number of nitrogens with zero attached hydrogens (tertiary/aromatic N) is 4. The van der Waals surface area contributed by atoms with Crippen LogP contribution in [-0.2, 0) is 25.6 Å². The maximum absolute atomic E-state index is 13.7. The SMILES string of the molecule is CC1(COc2c(N3CCN(S(=O)(=O)Cc4ccc(N)c(S(=O)(=O)c5ccccc5)c4)CC3)cnn(-c3cccc(Cl)c3)c2=O)CC1. The van der Waals surface area contributed by atoms with Crippen molar-refractivity contribution >= 4 is 42.8 Å². The molecule has 0 radical (unpaired) electrons. The maximum atomic E-state index is 13.7. The summed E-state index contributed by atoms with van der Waals surface area (Å²) in [6, 6.07) is 19.0. The fourth-order valence-corrected chi connectivity index (χ4v) is 8.46. The normalized spacial score (nSPS) is 16.7. The van der Waals surface area contributed by atoms with E-state index in [0.717, 1.165) is 12.8 Å². The third kappa shape index (κ3) is 6.63. The molecule has 1 saturated carbocycles. The van der Waals surface area contributed by atoms with Crippen LogP contribution in [0.15, 0.2) is 93.6 Å². The van der Waals surface area contributed by atoms with E-state index in [1.807, 2.05) is 4.90 Å². The third-order valence-electron chi connectivity index (χ3n) is 8.38. The molecule has 0 spiro atoms. The van der Waals surface area contributed by atoms with Gasteiger partial charge in [-0.2, -0.15) is 14.1 Å². The maximum Gasteiger partial charge on any atom is 0.316 e. The smallest absolute Gasteiger partial charge is 0.316 e. The lowest BCUT2D eigenvalue weighted by atomic mass is 10.2. The van der Waals surface area contributed by atoms with Crippen molar-refractivity contribution in [3.8, 4) is 11.4 Å². The molecule has 2 N–H and O–H groups in total. The zero-order chi connectivity index (χ0) is 32.7. The average molecular weight is 684 g/mol. The number of sulfone groups is 1. The summed E-state index contributed by atoms with van der Waals surface area (Å²) >= 11 is 6.16. The van der Waals surface area contributed by atoms with Crippen molar-refractivity contribution in [2.75, 3.05) is 43.4 Å². The van der Waals surface area contributed by atoms with E-state index in [4.69, 9.17) is 22.1 Å². The number of hydrogen-bond acceptors (Lipinski definition) is 9. The first kappa shape index (κ1) is 32.0. The molecule has 0 bridgehead atoms. The molecule has 0 atom stereocenters. The van der Waals surface area contributed by atoms with Crippen molar-refractivity contribution in [2.45, 2.75) is 35.3 Å². The predicted molar refractivity (Wildman–Crippen MR) is 177 cm³/mol. The van der Waals surface area contributed by atoms with Crippen molar-refractivity contribution in [3.63, 3.8) is 0 Å². The largest absolute Gasteiger partial charge is 0.486 e. The topological polar surface area (TPSA) is 145 Å². The number of sulfonamides is 1. The fourth-order valence-electron chi connectivity index (χ4n) is 5.32. The molecule has 11 nitrogen and oxygen atoms in total. The molecule has 4 aromatic rings. The zero-order valence-electron chi connectivity index (χ0n) is 25.2. The van der Waals surface area contributed by atoms with Gasteiger partial charge in [0.2, 0.25) is 25.6 Å². The number of nitrogens with two attached hydrogens (primary N) is 1. The van der Waals surface area contributed by atoms with Gasteiger partial charge < -0.3 is 15.4 Å². The van der Waals surface area contributed by atoms with Crippen LogP contribution in [0.1, 0.15) is 25.3 Å². The quantitative estimate of drug-likeness (QED) is 0.244. The van der Waals surface area contributed by atoms with Gasteiger partial charge in [-0.3, -0.25) is 4.79 Å². The molecule has 0 amide bonds. The summed E-state index contributed by atoms with van der Waals surface area (Å²) in [5.41, 5.74) is 6.96. The van der Waals surface area contributed by atoms with Crippen LogP contribution in [0.5, 0.6) is 5.75 Å². The Labute approximate surface area is 273 Å². The van der Waals surface area contributed by atoms with Gasteiger partial charge >= 0.3 is 5.56 Å². The van der Waals surface area contributed by atoms with E-state index < -0.39 is 31.2 Å². The molecule has 0 unspecified atom stereocenters. The molecular formula is C32H34ClN5O6S2. The van der Waals surface area contributed by atoms with Crippen molar-refractivity contribution in [1.29, 1.82) is 0 Å². The Balaban J connectivity index is 1.20. The van der Waals surface area contributed by atoms with Gasteiger partial charge in [0.05, 0.1) is 39.7 Å². The number of aromatic nitrogens is 2. The van der Waals surface area contributed by atoms with Crippen LogP contribution in [0.4, 0.5) is 11.4 Å². The highest BCUT2D eigenvalue weighted by Gasteiger charge is 2.39. The Kier molecular flexibility index (Phi) is 8.61. The second kappa shape index (κ2) is 12.4. The molecule has 1 saturated heterocycles. The highest BCUT2D eigenvalue weighted by molar-refractivity contribution is 7.91. The van der Waals surface area contributed by atoms with Gasteiger partial charge in [-0.1, -0.05) is 48.9 Å². The first-order chi connectivity index (χ1) is 21.9. The van der Waals surface area contributed by atoms with Gasteiger partial charge in [-0.15, -0.1) is 0 Å². The number of halogens is 1. The molecule has 3 aromatic carbocycles. The Hall–Kier alpha value is -3.91. The number of nitrogen functional groups attached to an aromatic ring is 1. The highest BCUT2D eigenvalue weighted by atomic mass is 35.5. The van der Waals surface area contributed by atoms with Gasteiger partial charge in [0.25, 0.3) is 0 Å². The van der Waals surface area contributed by atoms with Crippen LogP contribution >= 0.6 is 11.6 Å². The minimum absolute atomic E-state index is 0.0169. The van der Waals surface area contributed by atoms with E-state index in [1.54, 1.807) is 48.7 Å². The molecular weight excluding hydrogens is 650 g/mol. The highest BCUT2D eigenvalue weighted by Crippen LogP contribution is 2.45. The number of piperazine rings is 1. The van der Waals surface area contributed by atoms with E-state index in [1.165, 1.54) is 39.3 Å². The fraction of sp³-hybridized carbons (Fsp3) is 0.312. The Morgan fingerprint density at radius 2 is 1.65 bits per heavy atom. The molecule has 1 aliphatic heterocycles. The van der Waals surface area contributed by atoms with E-state index in [9.17, 15) is 21.6 Å². The number of hydrogen-bond donors (Lipinski definition) is 1. The summed E-state index contributed by atoms with van der Waals surface area (Å²) < 4.78 is 62.3. The number of anilines is 2. The van der Waals surface area contributed by atoms with Crippen molar-refractivity contribution in [2.24, 2.45) is 5.41 Å². The Bertz CT molecular complexity index is 2040. The summed E-state index contributed by atoms with van der Waals surface area (Å²) in [5.74, 6) is -0.233. The summed E-state index contributed by atoms with van der Waals surface area (Å²) in [5, 5.41) is 4.87. The van der Waals surface area contributed by atoms with Crippen LogP contribution < -0.4 is 20.9 Å². The van der Waals surface area contributed by atoms with Crippen LogP contribution in [0.3, 0.4) is 0 Å². The molecule has 14 heteroatoms. The lowest BCUT2D eigenvalue weighted by Crippen LogP contribution is -2.49. The number of rotatable bonds is 10. The van der Waals surface area contributed by atoms with Gasteiger partial charge in [0.1, 0.15) is 5.69 Å². The van der Waals surface area contributed by atoms with Crippen LogP contribution in [-0.4, -0.2) is 63.7 Å². The monoisotopic (exact) mass is 683 g/mol.